The Morgan fingerprint density at radius 2 is 1.07 bits per heavy atom. The van der Waals surface area contributed by atoms with E-state index < -0.39 is 7.14 Å². The number of rotatable bonds is 9. The van der Waals surface area contributed by atoms with Crippen molar-refractivity contribution in [3.63, 3.8) is 0 Å². The van der Waals surface area contributed by atoms with E-state index in [0.717, 1.165) is 36.5 Å². The molecular weight excluding hydrogens is 360 g/mol. The van der Waals surface area contributed by atoms with Crippen molar-refractivity contribution >= 4 is 41.3 Å². The molecule has 2 aromatic carbocycles. The first kappa shape index (κ1) is 23.2. The summed E-state index contributed by atoms with van der Waals surface area (Å²) in [6, 6.07) is 16.6. The Bertz CT molecular complexity index is 692. The first-order valence-electron chi connectivity index (χ1n) is 9.63. The molecule has 1 N–H and O–H groups in total. The summed E-state index contributed by atoms with van der Waals surface area (Å²) in [5, 5.41) is 12.2. The first-order valence-corrected chi connectivity index (χ1v) is 11.7. The monoisotopic (exact) mass is 391 g/mol. The van der Waals surface area contributed by atoms with Gasteiger partial charge in [-0.15, -0.1) is 0 Å². The summed E-state index contributed by atoms with van der Waals surface area (Å²) in [4.78, 5) is 0. The summed E-state index contributed by atoms with van der Waals surface area (Å²) in [6.07, 6.45) is 1.76. The second-order valence-corrected chi connectivity index (χ2v) is 11.9. The topological polar surface area (TPSA) is 20.2 Å². The predicted octanol–water partition coefficient (Wildman–Crippen LogP) is 1.09. The van der Waals surface area contributed by atoms with Gasteiger partial charge in [0.25, 0.3) is 0 Å². The Labute approximate surface area is 175 Å². The maximum absolute atomic E-state index is 10.1. The van der Waals surface area contributed by atoms with Crippen LogP contribution in [-0.4, -0.2) is 85.1 Å². The lowest BCUT2D eigenvalue weighted by atomic mass is 10.1. The number of benzene rings is 2. The van der Waals surface area contributed by atoms with Gasteiger partial charge in [-0.1, -0.05) is 24.3 Å². The fourth-order valence-electron chi connectivity index (χ4n) is 3.00. The van der Waals surface area contributed by atoms with Crippen LogP contribution in [-0.2, 0) is 12.8 Å². The molecule has 7 heteroatoms. The quantitative estimate of drug-likeness (QED) is 0.502. The second kappa shape index (κ2) is 9.18. The van der Waals surface area contributed by atoms with E-state index >= 15 is 0 Å². The molecule has 2 aromatic rings. The Kier molecular flexibility index (Phi) is 7.61. The lowest BCUT2D eigenvalue weighted by Crippen LogP contribution is -2.38. The lowest BCUT2D eigenvalue weighted by Gasteiger charge is -2.34. The van der Waals surface area contributed by atoms with Crippen molar-refractivity contribution in [2.24, 2.45) is 0 Å². The van der Waals surface area contributed by atoms with Crippen LogP contribution in [0.4, 0.5) is 0 Å². The van der Waals surface area contributed by atoms with Crippen LogP contribution in [0.5, 0.6) is 0 Å². The molecule has 7 radical (unpaired) electrons. The van der Waals surface area contributed by atoms with E-state index in [0.29, 0.717) is 8.79 Å². The molecule has 3 nitrogen and oxygen atoms in total. The Hall–Kier alpha value is -1.06. The van der Waals surface area contributed by atoms with Crippen LogP contribution in [0.25, 0.3) is 0 Å². The van der Waals surface area contributed by atoms with Gasteiger partial charge in [0.05, 0.1) is 13.1 Å². The van der Waals surface area contributed by atoms with Gasteiger partial charge in [-0.2, -0.15) is 7.14 Å². The third kappa shape index (κ3) is 6.78. The van der Waals surface area contributed by atoms with Gasteiger partial charge in [0.1, 0.15) is 6.35 Å². The van der Waals surface area contributed by atoms with E-state index in [4.69, 9.17) is 23.5 Å². The summed E-state index contributed by atoms with van der Waals surface area (Å²) in [5.74, 6) is 0. The number of nitrogens with zero attached hydrogens (tertiary/aromatic N) is 2. The van der Waals surface area contributed by atoms with Gasteiger partial charge in [0, 0.05) is 51.6 Å². The molecule has 143 valence electrons. The van der Waals surface area contributed by atoms with Crippen LogP contribution in [0.3, 0.4) is 0 Å². The average Bonchev–Trinajstić information content (AvgIpc) is 2.64. The highest BCUT2D eigenvalue weighted by molar-refractivity contribution is 8.08. The van der Waals surface area contributed by atoms with Gasteiger partial charge in [-0.05, 0) is 35.4 Å². The highest BCUT2D eigenvalue weighted by Gasteiger charge is 2.24. The van der Waals surface area contributed by atoms with Crippen molar-refractivity contribution in [2.75, 3.05) is 47.6 Å². The molecule has 0 amide bonds. The van der Waals surface area contributed by atoms with Crippen molar-refractivity contribution in [3.8, 4) is 0 Å². The van der Waals surface area contributed by atoms with Gasteiger partial charge in [-0.3, -0.25) is 7.57 Å². The van der Waals surface area contributed by atoms with Crippen LogP contribution >= 0.6 is 7.14 Å². The molecule has 0 unspecified atom stereocenters. The SMILES string of the molecule is [B][N+](C)(C)CCc1ccc([P+]([B-])(CO)c2ccc(CC[N+]([B])(C)C)cc2)cc1. The second-order valence-electron chi connectivity index (χ2n) is 8.85. The minimum Gasteiger partial charge on any atom is -0.401 e. The van der Waals surface area contributed by atoms with E-state index in [-0.39, 0.29) is 6.35 Å². The number of hydrogen-bond acceptors (Lipinski definition) is 1. The van der Waals surface area contributed by atoms with Gasteiger partial charge < -0.3 is 13.9 Å². The molecular formula is C21H31B3N2OP+2. The predicted molar refractivity (Wildman–Crippen MR) is 125 cm³/mol. The molecule has 0 aliphatic rings. The molecule has 0 saturated heterocycles. The fraction of sp³-hybridized carbons (Fsp3) is 0.429. The van der Waals surface area contributed by atoms with Crippen molar-refractivity contribution in [3.05, 3.63) is 59.7 Å². The molecule has 0 atom stereocenters. The average molecular weight is 391 g/mol. The zero-order valence-electron chi connectivity index (χ0n) is 17.7. The maximum Gasteiger partial charge on any atom is 0.480 e. The smallest absolute Gasteiger partial charge is 0.401 e. The molecule has 0 saturated carbocycles. The van der Waals surface area contributed by atoms with Crippen LogP contribution in [0.1, 0.15) is 11.1 Å². The number of aliphatic hydroxyl groups is 1. The van der Waals surface area contributed by atoms with E-state index in [1.165, 1.54) is 11.1 Å². The summed E-state index contributed by atoms with van der Waals surface area (Å²) in [5.41, 5.74) is 2.45. The standard InChI is InChI=1S/C21H31B3N2OP/c1-25(2,22)15-13-18-5-9-20(10-6-18)28(24,17-27)21-11-7-19(8-12-21)14-16-26(3,4)23/h5-12,27H,13-17H2,1-4H3/q+2. The van der Waals surface area contributed by atoms with Gasteiger partial charge in [-0.25, -0.2) is 0 Å². The van der Waals surface area contributed by atoms with Crippen LogP contribution in [0, 0.1) is 0 Å². The van der Waals surface area contributed by atoms with E-state index in [1.54, 1.807) is 0 Å². The van der Waals surface area contributed by atoms with Crippen LogP contribution < -0.4 is 10.6 Å². The fourth-order valence-corrected chi connectivity index (χ4v) is 4.99. The summed E-state index contributed by atoms with van der Waals surface area (Å²) in [7, 11) is 24.4. The molecule has 0 aliphatic carbocycles. The Morgan fingerprint density at radius 1 is 0.750 bits per heavy atom. The van der Waals surface area contributed by atoms with Crippen molar-refractivity contribution in [2.45, 2.75) is 12.8 Å². The molecule has 2 rings (SSSR count). The molecule has 0 spiro atoms. The third-order valence-electron chi connectivity index (χ3n) is 4.97. The number of quaternary nitrogens is 2. The van der Waals surface area contributed by atoms with Crippen molar-refractivity contribution < 1.29 is 13.9 Å². The molecule has 0 heterocycles. The minimum absolute atomic E-state index is 0.0505. The van der Waals surface area contributed by atoms with E-state index in [9.17, 15) is 5.11 Å². The van der Waals surface area contributed by atoms with Gasteiger partial charge >= 0.3 is 16.0 Å². The maximum atomic E-state index is 10.1. The highest BCUT2D eigenvalue weighted by Crippen LogP contribution is 2.50. The molecule has 0 fully saturated rings. The zero-order valence-corrected chi connectivity index (χ0v) is 18.6. The molecule has 0 aliphatic heterocycles. The Balaban J connectivity index is 2.15. The largest absolute Gasteiger partial charge is 0.480 e. The number of hydrogen-bond donors (Lipinski definition) is 1. The van der Waals surface area contributed by atoms with Crippen molar-refractivity contribution in [1.82, 2.24) is 0 Å². The molecule has 28 heavy (non-hydrogen) atoms. The normalized spacial score (nSPS) is 12.9. The third-order valence-corrected chi connectivity index (χ3v) is 7.86. The lowest BCUT2D eigenvalue weighted by molar-refractivity contribution is -0.772. The van der Waals surface area contributed by atoms with Crippen LogP contribution in [0.2, 0.25) is 0 Å². The summed E-state index contributed by atoms with van der Waals surface area (Å²) < 4.78 is 0.886. The number of aliphatic hydroxyl groups excluding tert-OH is 1. The van der Waals surface area contributed by atoms with Crippen LogP contribution in [0.15, 0.2) is 48.5 Å². The minimum atomic E-state index is -2.30. The van der Waals surface area contributed by atoms with Gasteiger partial charge in [0.2, 0.25) is 0 Å². The summed E-state index contributed by atoms with van der Waals surface area (Å²) >= 11 is 0. The summed E-state index contributed by atoms with van der Waals surface area (Å²) in [6.45, 7) is 1.73. The van der Waals surface area contributed by atoms with E-state index in [2.05, 4.69) is 48.5 Å². The first-order chi connectivity index (χ1) is 12.9. The van der Waals surface area contributed by atoms with E-state index in [1.807, 2.05) is 28.2 Å². The van der Waals surface area contributed by atoms with Crippen molar-refractivity contribution in [1.29, 1.82) is 0 Å². The van der Waals surface area contributed by atoms with Gasteiger partial charge in [0.15, 0.2) is 0 Å². The number of likely N-dealkylation sites (N-methyl/N-ethyl adjacent to an activating group) is 2. The Morgan fingerprint density at radius 3 is 1.32 bits per heavy atom. The highest BCUT2D eigenvalue weighted by atomic mass is 31.2. The zero-order chi connectivity index (χ0) is 21.0. The molecule has 0 bridgehead atoms. The molecule has 0 aromatic heterocycles.